The molecule has 15 nitrogen and oxygen atoms in total. The molecule has 4 amide bonds. The molecule has 10 rings (SSSR count). The number of amidine groups is 1. The van der Waals surface area contributed by atoms with Crippen molar-refractivity contribution in [3.8, 4) is 16.9 Å². The highest BCUT2D eigenvalue weighted by Crippen LogP contribution is 2.54. The average molecular weight is 1200 g/mol. The van der Waals surface area contributed by atoms with Crippen molar-refractivity contribution >= 4 is 58.4 Å². The van der Waals surface area contributed by atoms with E-state index in [-0.39, 0.29) is 41.7 Å². The fraction of sp³-hybridized carbons (Fsp3) is 0.463. The van der Waals surface area contributed by atoms with Crippen LogP contribution < -0.4 is 20.7 Å². The topological polar surface area (TPSA) is 158 Å². The van der Waals surface area contributed by atoms with Gasteiger partial charge >= 0.3 is 6.03 Å². The van der Waals surface area contributed by atoms with Gasteiger partial charge in [-0.15, -0.1) is 0 Å². The van der Waals surface area contributed by atoms with Gasteiger partial charge in [-0.05, 0) is 148 Å². The lowest BCUT2D eigenvalue weighted by atomic mass is 9.71. The number of nitrogen functional groups attached to an aromatic ring is 1. The van der Waals surface area contributed by atoms with Crippen LogP contribution in [0.3, 0.4) is 0 Å². The third kappa shape index (κ3) is 12.5. The third-order valence-corrected chi connectivity index (χ3v) is 18.6. The Bertz CT molecular complexity index is 3450. The van der Waals surface area contributed by atoms with Gasteiger partial charge in [0.2, 0.25) is 5.91 Å². The minimum Gasteiger partial charge on any atom is -0.493 e. The van der Waals surface area contributed by atoms with Gasteiger partial charge < -0.3 is 30.5 Å². The van der Waals surface area contributed by atoms with Crippen molar-refractivity contribution in [1.82, 2.24) is 39.7 Å². The molecule has 2 aromatic heterocycles. The van der Waals surface area contributed by atoms with Crippen LogP contribution in [0.1, 0.15) is 155 Å². The summed E-state index contributed by atoms with van der Waals surface area (Å²) in [4.78, 5) is 63.2. The number of hydrogen-bond donors (Lipinski definition) is 2. The van der Waals surface area contributed by atoms with Crippen LogP contribution in [0.4, 0.5) is 20.7 Å². The van der Waals surface area contributed by atoms with Crippen molar-refractivity contribution in [2.45, 2.75) is 142 Å². The molecule has 2 bridgehead atoms. The standard InChI is InChI=1S/C67H82Cl2FN11O4/c1-9-85-58-40-48(65(3,4)5)23-29-53(58)62-74-66(6,46-19-24-49(68)25-20-46)67(7,47-21-26-50(69)27-22-47)81(62)64(84)78-37-35-77(36-38-78)32-15-13-11-10-12-14-18-59(82)72-31-34-80-44(2)60-45-39-57(61(71)73-42-45)79-33-16-17-56(79)54-41-51(70)28-30-52(54)63(83)76(8)43-55(60)75-80/h19-30,39-42,56H,9-18,31-38,43H2,1-8H3,(H2,71,73)(H,72,82)/t56-,66+,67-/m1/s1. The number of halogens is 3. The quantitative estimate of drug-likeness (QED) is 0.0848. The Morgan fingerprint density at radius 2 is 1.51 bits per heavy atom. The maximum atomic E-state index is 15.6. The molecule has 0 radical (unpaired) electrons. The van der Waals surface area contributed by atoms with E-state index in [1.165, 1.54) is 12.1 Å². The Kier molecular flexibility index (Phi) is 18.3. The predicted octanol–water partition coefficient (Wildman–Crippen LogP) is 13.1. The van der Waals surface area contributed by atoms with Crippen molar-refractivity contribution < 1.29 is 23.5 Å². The number of amides is 4. The van der Waals surface area contributed by atoms with E-state index in [1.54, 1.807) is 24.2 Å². The molecule has 0 saturated carbocycles. The molecule has 2 saturated heterocycles. The van der Waals surface area contributed by atoms with E-state index >= 15 is 4.79 Å². The summed E-state index contributed by atoms with van der Waals surface area (Å²) < 4.78 is 23.1. The van der Waals surface area contributed by atoms with E-state index in [4.69, 9.17) is 43.8 Å². The number of carbonyl (C=O) groups is 3. The van der Waals surface area contributed by atoms with E-state index in [2.05, 4.69) is 72.9 Å². The second-order valence-corrected chi connectivity index (χ2v) is 25.5. The number of ether oxygens (including phenoxy) is 1. The first kappa shape index (κ1) is 61.1. The Morgan fingerprint density at radius 1 is 0.835 bits per heavy atom. The molecule has 2 fully saturated rings. The maximum absolute atomic E-state index is 15.6. The molecule has 4 aliphatic heterocycles. The molecular formula is C67H82Cl2FN11O4. The van der Waals surface area contributed by atoms with Crippen LogP contribution in [0.5, 0.6) is 5.75 Å². The van der Waals surface area contributed by atoms with Crippen LogP contribution in [-0.4, -0.2) is 118 Å². The zero-order valence-corrected chi connectivity index (χ0v) is 52.1. The Balaban J connectivity index is 0.715. The molecule has 18 heteroatoms. The summed E-state index contributed by atoms with van der Waals surface area (Å²) >= 11 is 13.0. The SMILES string of the molecule is CCOc1cc(C(C)(C)C)ccc1C1=N[C@@](C)(c2ccc(Cl)cc2)[C@@](C)(c2ccc(Cl)cc2)N1C(=O)N1CCN(CCCCCCCCC(=O)NCCn2nc3c(c2C)-c2cnc(N)c(c2)N2CCC[C@@H]2c2cc(F)ccc2C(=O)N(C)C3)CC1. The summed E-state index contributed by atoms with van der Waals surface area (Å²) in [5.41, 5.74) is 13.3. The largest absolute Gasteiger partial charge is 0.493 e. The lowest BCUT2D eigenvalue weighted by molar-refractivity contribution is -0.121. The first-order valence-electron chi connectivity index (χ1n) is 30.3. The number of nitrogens with two attached hydrogens (primary N) is 1. The van der Waals surface area contributed by atoms with Crippen LogP contribution in [0.25, 0.3) is 11.1 Å². The Morgan fingerprint density at radius 3 is 2.20 bits per heavy atom. The molecule has 4 aliphatic rings. The summed E-state index contributed by atoms with van der Waals surface area (Å²) in [5, 5.41) is 9.33. The first-order chi connectivity index (χ1) is 40.7. The third-order valence-electron chi connectivity index (χ3n) is 18.1. The second-order valence-electron chi connectivity index (χ2n) is 24.7. The molecule has 6 aromatic rings. The van der Waals surface area contributed by atoms with E-state index < -0.39 is 11.1 Å². The summed E-state index contributed by atoms with van der Waals surface area (Å²) in [7, 11) is 1.75. The fourth-order valence-corrected chi connectivity index (χ4v) is 13.3. The highest BCUT2D eigenvalue weighted by atomic mass is 35.5. The number of aromatic nitrogens is 3. The normalized spacial score (nSPS) is 19.9. The molecule has 0 unspecified atom stereocenters. The van der Waals surface area contributed by atoms with Crippen molar-refractivity contribution in [2.75, 3.05) is 70.1 Å². The van der Waals surface area contributed by atoms with Crippen LogP contribution in [-0.2, 0) is 34.4 Å². The van der Waals surface area contributed by atoms with E-state index in [0.717, 1.165) is 116 Å². The molecule has 4 aromatic carbocycles. The molecule has 0 aliphatic carbocycles. The highest BCUT2D eigenvalue weighted by molar-refractivity contribution is 6.30. The first-order valence-corrected chi connectivity index (χ1v) is 31.1. The van der Waals surface area contributed by atoms with Crippen LogP contribution in [0.15, 0.2) is 102 Å². The van der Waals surface area contributed by atoms with Gasteiger partial charge in [0.15, 0.2) is 0 Å². The van der Waals surface area contributed by atoms with Crippen molar-refractivity contribution in [3.63, 3.8) is 0 Å². The van der Waals surface area contributed by atoms with Crippen molar-refractivity contribution in [1.29, 1.82) is 0 Å². The smallest absolute Gasteiger partial charge is 0.326 e. The zero-order valence-electron chi connectivity index (χ0n) is 50.6. The second kappa shape index (κ2) is 25.5. The number of urea groups is 1. The number of pyridine rings is 1. The zero-order chi connectivity index (χ0) is 60.4. The van der Waals surface area contributed by atoms with Crippen LogP contribution in [0, 0.1) is 12.7 Å². The van der Waals surface area contributed by atoms with E-state index in [0.29, 0.717) is 90.0 Å². The van der Waals surface area contributed by atoms with Crippen LogP contribution in [0.2, 0.25) is 10.0 Å². The number of piperazine rings is 1. The minimum absolute atomic E-state index is 0.0117. The molecule has 450 valence electrons. The minimum atomic E-state index is -1.00. The van der Waals surface area contributed by atoms with Gasteiger partial charge in [-0.1, -0.05) is 100.0 Å². The van der Waals surface area contributed by atoms with Crippen molar-refractivity contribution in [2.24, 2.45) is 4.99 Å². The number of hydrogen-bond acceptors (Lipinski definition) is 10. The van der Waals surface area contributed by atoms with Gasteiger partial charge in [0, 0.05) is 91.4 Å². The lowest BCUT2D eigenvalue weighted by Gasteiger charge is -2.47. The summed E-state index contributed by atoms with van der Waals surface area (Å²) in [6.07, 6.45) is 9.90. The predicted molar refractivity (Wildman–Crippen MR) is 337 cm³/mol. The van der Waals surface area contributed by atoms with Gasteiger partial charge in [0.05, 0.1) is 42.7 Å². The number of nitrogens with one attached hydrogen (secondary N) is 1. The lowest BCUT2D eigenvalue weighted by Crippen LogP contribution is -2.60. The van der Waals surface area contributed by atoms with Gasteiger partial charge in [-0.2, -0.15) is 5.10 Å². The molecular weight excluding hydrogens is 1110 g/mol. The number of aliphatic imine (C=N–C) groups is 1. The number of unbranched alkanes of at least 4 members (excludes halogenated alkanes) is 5. The summed E-state index contributed by atoms with van der Waals surface area (Å²) in [6, 6.07) is 27.9. The molecule has 6 heterocycles. The highest BCUT2D eigenvalue weighted by Gasteiger charge is 2.60. The Labute approximate surface area is 510 Å². The number of fused-ring (bicyclic) bond motifs is 8. The number of benzene rings is 4. The molecule has 3 atom stereocenters. The molecule has 85 heavy (non-hydrogen) atoms. The molecule has 0 spiro atoms. The number of nitrogens with zero attached hydrogens (tertiary/aromatic N) is 9. The Hall–Kier alpha value is -7.01. The van der Waals surface area contributed by atoms with E-state index in [1.807, 2.05) is 82.9 Å². The number of rotatable bonds is 17. The fourth-order valence-electron chi connectivity index (χ4n) is 13.1. The number of carbonyl (C=O) groups excluding carboxylic acids is 3. The van der Waals surface area contributed by atoms with Gasteiger partial charge in [0.25, 0.3) is 5.91 Å². The van der Waals surface area contributed by atoms with E-state index in [9.17, 15) is 14.0 Å². The van der Waals surface area contributed by atoms with Gasteiger partial charge in [-0.25, -0.2) is 14.2 Å². The monoisotopic (exact) mass is 1190 g/mol. The average Bonchev–Trinajstić information content (AvgIpc) is 1.75. The maximum Gasteiger partial charge on any atom is 0.326 e. The summed E-state index contributed by atoms with van der Waals surface area (Å²) in [6.45, 7) is 20.6. The van der Waals surface area contributed by atoms with Crippen LogP contribution >= 0.6 is 23.2 Å². The van der Waals surface area contributed by atoms with Gasteiger partial charge in [-0.3, -0.25) is 29.1 Å². The van der Waals surface area contributed by atoms with Crippen molar-refractivity contribution in [3.05, 3.63) is 158 Å². The van der Waals surface area contributed by atoms with Gasteiger partial charge in [0.1, 0.15) is 34.3 Å². The molecule has 3 N–H and O–H groups in total. The number of anilines is 2. The summed E-state index contributed by atoms with van der Waals surface area (Å²) in [5.74, 6) is 1.03.